The van der Waals surface area contributed by atoms with Crippen LogP contribution in [0.3, 0.4) is 0 Å². The van der Waals surface area contributed by atoms with Gasteiger partial charge in [-0.25, -0.2) is 0 Å². The second kappa shape index (κ2) is 5.28. The lowest BCUT2D eigenvalue weighted by Crippen LogP contribution is -2.36. The number of hydrogen-bond donors (Lipinski definition) is 1. The van der Waals surface area contributed by atoms with E-state index in [9.17, 15) is 4.79 Å². The van der Waals surface area contributed by atoms with Crippen LogP contribution >= 0.6 is 11.3 Å². The van der Waals surface area contributed by atoms with E-state index in [0.717, 1.165) is 6.54 Å². The third kappa shape index (κ3) is 3.64. The number of methoxy groups -OCH3 is 1. The molecule has 0 saturated carbocycles. The third-order valence-electron chi connectivity index (χ3n) is 2.18. The standard InChI is InChI=1S/C11H17NO2S/c1-11(2,10(13)14-3)8-12-7-9-5-4-6-15-9/h4-6,12H,7-8H2,1-3H3. The minimum Gasteiger partial charge on any atom is -0.469 e. The van der Waals surface area contributed by atoms with E-state index in [1.807, 2.05) is 25.3 Å². The summed E-state index contributed by atoms with van der Waals surface area (Å²) in [4.78, 5) is 12.6. The molecule has 1 aromatic heterocycles. The van der Waals surface area contributed by atoms with Gasteiger partial charge in [-0.3, -0.25) is 4.79 Å². The van der Waals surface area contributed by atoms with Gasteiger partial charge in [0, 0.05) is 18.0 Å². The summed E-state index contributed by atoms with van der Waals surface area (Å²) in [6.07, 6.45) is 0. The number of ether oxygens (including phenoxy) is 1. The number of carbonyl (C=O) groups excluding carboxylic acids is 1. The molecule has 0 saturated heterocycles. The van der Waals surface area contributed by atoms with Crippen molar-refractivity contribution in [2.75, 3.05) is 13.7 Å². The lowest BCUT2D eigenvalue weighted by molar-refractivity contribution is -0.150. The molecule has 0 aromatic carbocycles. The Balaban J connectivity index is 2.33. The zero-order chi connectivity index (χ0) is 11.3. The van der Waals surface area contributed by atoms with Crippen LogP contribution in [0.25, 0.3) is 0 Å². The Morgan fingerprint density at radius 1 is 1.60 bits per heavy atom. The van der Waals surface area contributed by atoms with Gasteiger partial charge in [-0.15, -0.1) is 11.3 Å². The Morgan fingerprint density at radius 2 is 2.33 bits per heavy atom. The molecule has 0 spiro atoms. The van der Waals surface area contributed by atoms with Gasteiger partial charge in [0.15, 0.2) is 0 Å². The molecule has 0 amide bonds. The molecule has 0 aliphatic rings. The fourth-order valence-corrected chi connectivity index (χ4v) is 1.93. The van der Waals surface area contributed by atoms with Gasteiger partial charge >= 0.3 is 5.97 Å². The average Bonchev–Trinajstić information content (AvgIpc) is 2.69. The van der Waals surface area contributed by atoms with Crippen LogP contribution in [0.4, 0.5) is 0 Å². The number of rotatable bonds is 5. The summed E-state index contributed by atoms with van der Waals surface area (Å²) in [7, 11) is 1.42. The van der Waals surface area contributed by atoms with Crippen molar-refractivity contribution in [1.29, 1.82) is 0 Å². The van der Waals surface area contributed by atoms with E-state index in [1.165, 1.54) is 12.0 Å². The zero-order valence-corrected chi connectivity index (χ0v) is 10.2. The smallest absolute Gasteiger partial charge is 0.312 e. The normalized spacial score (nSPS) is 11.4. The first-order valence-corrected chi connectivity index (χ1v) is 5.76. The van der Waals surface area contributed by atoms with Crippen molar-refractivity contribution in [3.63, 3.8) is 0 Å². The molecule has 1 aromatic rings. The first-order chi connectivity index (χ1) is 7.06. The second-order valence-electron chi connectivity index (χ2n) is 4.06. The highest BCUT2D eigenvalue weighted by molar-refractivity contribution is 7.09. The molecule has 3 nitrogen and oxygen atoms in total. The Kier molecular flexibility index (Phi) is 4.29. The molecular weight excluding hydrogens is 210 g/mol. The van der Waals surface area contributed by atoms with Crippen molar-refractivity contribution >= 4 is 17.3 Å². The predicted molar refractivity (Wildman–Crippen MR) is 61.8 cm³/mol. The van der Waals surface area contributed by atoms with E-state index in [0.29, 0.717) is 6.54 Å². The molecule has 0 aliphatic heterocycles. The number of esters is 1. The molecule has 1 N–H and O–H groups in total. The maximum atomic E-state index is 11.4. The highest BCUT2D eigenvalue weighted by Crippen LogP contribution is 2.16. The molecule has 4 heteroatoms. The topological polar surface area (TPSA) is 38.3 Å². The molecular formula is C11H17NO2S. The maximum Gasteiger partial charge on any atom is 0.312 e. The summed E-state index contributed by atoms with van der Waals surface area (Å²) in [5, 5.41) is 5.30. The molecule has 0 radical (unpaired) electrons. The van der Waals surface area contributed by atoms with Crippen molar-refractivity contribution in [1.82, 2.24) is 5.32 Å². The largest absolute Gasteiger partial charge is 0.469 e. The molecule has 1 heterocycles. The predicted octanol–water partition coefficient (Wildman–Crippen LogP) is 2.04. The van der Waals surface area contributed by atoms with Gasteiger partial charge in [-0.05, 0) is 25.3 Å². The van der Waals surface area contributed by atoms with Crippen molar-refractivity contribution in [2.45, 2.75) is 20.4 Å². The highest BCUT2D eigenvalue weighted by atomic mass is 32.1. The zero-order valence-electron chi connectivity index (χ0n) is 9.37. The van der Waals surface area contributed by atoms with E-state index in [2.05, 4.69) is 11.4 Å². The fraction of sp³-hybridized carbons (Fsp3) is 0.545. The minimum atomic E-state index is -0.466. The lowest BCUT2D eigenvalue weighted by atomic mass is 9.94. The summed E-state index contributed by atoms with van der Waals surface area (Å²) >= 11 is 1.71. The number of nitrogens with one attached hydrogen (secondary N) is 1. The first-order valence-electron chi connectivity index (χ1n) is 4.88. The number of thiophene rings is 1. The monoisotopic (exact) mass is 227 g/mol. The van der Waals surface area contributed by atoms with Crippen molar-refractivity contribution in [3.8, 4) is 0 Å². The quantitative estimate of drug-likeness (QED) is 0.782. The Hall–Kier alpha value is -0.870. The van der Waals surface area contributed by atoms with E-state index < -0.39 is 5.41 Å². The van der Waals surface area contributed by atoms with Crippen LogP contribution in [-0.2, 0) is 16.1 Å². The van der Waals surface area contributed by atoms with Gasteiger partial charge in [0.2, 0.25) is 0 Å². The maximum absolute atomic E-state index is 11.4. The van der Waals surface area contributed by atoms with Gasteiger partial charge in [-0.2, -0.15) is 0 Å². The number of hydrogen-bond acceptors (Lipinski definition) is 4. The van der Waals surface area contributed by atoms with Crippen molar-refractivity contribution < 1.29 is 9.53 Å². The summed E-state index contributed by atoms with van der Waals surface area (Å²) in [5.74, 6) is -0.179. The number of carbonyl (C=O) groups is 1. The van der Waals surface area contributed by atoms with Gasteiger partial charge in [0.1, 0.15) is 0 Å². The van der Waals surface area contributed by atoms with Crippen LogP contribution in [0.1, 0.15) is 18.7 Å². The highest BCUT2D eigenvalue weighted by Gasteiger charge is 2.27. The molecule has 0 atom stereocenters. The average molecular weight is 227 g/mol. The third-order valence-corrected chi connectivity index (χ3v) is 3.06. The summed E-state index contributed by atoms with van der Waals surface area (Å²) in [6.45, 7) is 5.18. The van der Waals surface area contributed by atoms with Crippen LogP contribution in [0.5, 0.6) is 0 Å². The van der Waals surface area contributed by atoms with Crippen molar-refractivity contribution in [2.24, 2.45) is 5.41 Å². The summed E-state index contributed by atoms with van der Waals surface area (Å²) in [6, 6.07) is 4.09. The molecule has 15 heavy (non-hydrogen) atoms. The van der Waals surface area contributed by atoms with Crippen LogP contribution in [-0.4, -0.2) is 19.6 Å². The van der Waals surface area contributed by atoms with Crippen LogP contribution in [0.15, 0.2) is 17.5 Å². The Labute approximate surface area is 94.5 Å². The Morgan fingerprint density at radius 3 is 2.87 bits per heavy atom. The van der Waals surface area contributed by atoms with E-state index in [1.54, 1.807) is 11.3 Å². The summed E-state index contributed by atoms with van der Waals surface area (Å²) in [5.41, 5.74) is -0.466. The van der Waals surface area contributed by atoms with Crippen LogP contribution < -0.4 is 5.32 Å². The molecule has 0 bridgehead atoms. The molecule has 84 valence electrons. The van der Waals surface area contributed by atoms with Gasteiger partial charge in [0.05, 0.1) is 12.5 Å². The van der Waals surface area contributed by atoms with E-state index in [4.69, 9.17) is 4.74 Å². The minimum absolute atomic E-state index is 0.179. The van der Waals surface area contributed by atoms with Crippen LogP contribution in [0.2, 0.25) is 0 Å². The first kappa shape index (κ1) is 12.2. The Bertz CT molecular complexity index is 306. The lowest BCUT2D eigenvalue weighted by Gasteiger charge is -2.21. The molecule has 1 rings (SSSR count). The fourth-order valence-electron chi connectivity index (χ4n) is 1.26. The second-order valence-corrected chi connectivity index (χ2v) is 5.09. The van der Waals surface area contributed by atoms with Gasteiger partial charge in [-0.1, -0.05) is 6.07 Å². The molecule has 0 unspecified atom stereocenters. The van der Waals surface area contributed by atoms with E-state index in [-0.39, 0.29) is 5.97 Å². The van der Waals surface area contributed by atoms with Crippen molar-refractivity contribution in [3.05, 3.63) is 22.4 Å². The van der Waals surface area contributed by atoms with Gasteiger partial charge in [0.25, 0.3) is 0 Å². The molecule has 0 aliphatic carbocycles. The van der Waals surface area contributed by atoms with E-state index >= 15 is 0 Å². The molecule has 0 fully saturated rings. The van der Waals surface area contributed by atoms with Gasteiger partial charge < -0.3 is 10.1 Å². The van der Waals surface area contributed by atoms with Crippen LogP contribution in [0, 0.1) is 5.41 Å². The SMILES string of the molecule is COC(=O)C(C)(C)CNCc1cccs1. The summed E-state index contributed by atoms with van der Waals surface area (Å²) < 4.78 is 4.73.